The molecule has 0 bridgehead atoms. The summed E-state index contributed by atoms with van der Waals surface area (Å²) in [6.45, 7) is 3.55. The van der Waals surface area contributed by atoms with Gasteiger partial charge in [-0.1, -0.05) is 0 Å². The Labute approximate surface area is 224 Å². The first kappa shape index (κ1) is 27.1. The summed E-state index contributed by atoms with van der Waals surface area (Å²) in [6.07, 6.45) is 6.81. The first-order valence-corrected chi connectivity index (χ1v) is 13.4. The number of nitrogens with zero attached hydrogens (tertiary/aromatic N) is 4. The molecule has 1 aromatic carbocycles. The third kappa shape index (κ3) is 5.36. The highest BCUT2D eigenvalue weighted by Crippen LogP contribution is 2.34. The van der Waals surface area contributed by atoms with Gasteiger partial charge in [0, 0.05) is 41.2 Å². The van der Waals surface area contributed by atoms with Crippen LogP contribution in [-0.4, -0.2) is 51.5 Å². The van der Waals surface area contributed by atoms with Crippen molar-refractivity contribution in [3.63, 3.8) is 0 Å². The average molecular weight is 543 g/mol. The first-order chi connectivity index (χ1) is 18.5. The lowest BCUT2D eigenvalue weighted by molar-refractivity contribution is -0.117. The molecule has 2 heterocycles. The Hall–Kier alpha value is -3.47. The number of aromatic nitrogens is 3. The van der Waals surface area contributed by atoms with Crippen LogP contribution in [0.25, 0.3) is 22.2 Å². The molecule has 3 aromatic rings. The van der Waals surface area contributed by atoms with Gasteiger partial charge in [0.05, 0.1) is 5.56 Å². The van der Waals surface area contributed by atoms with Gasteiger partial charge in [-0.2, -0.15) is 4.98 Å². The summed E-state index contributed by atoms with van der Waals surface area (Å²) in [6, 6.07) is 2.46. The van der Waals surface area contributed by atoms with Crippen LogP contribution in [0.3, 0.4) is 0 Å². The van der Waals surface area contributed by atoms with Gasteiger partial charge in [0.25, 0.3) is 5.56 Å². The van der Waals surface area contributed by atoms with Crippen LogP contribution in [0, 0.1) is 23.4 Å². The highest BCUT2D eigenvalue weighted by atomic mass is 19.2. The molecule has 0 spiro atoms. The average Bonchev–Trinajstić information content (AvgIpc) is 3.74. The monoisotopic (exact) mass is 542 g/mol. The number of rotatable bonds is 7. The maximum absolute atomic E-state index is 15.2. The highest BCUT2D eigenvalue weighted by Gasteiger charge is 2.32. The fourth-order valence-electron chi connectivity index (χ4n) is 5.26. The molecule has 0 radical (unpaired) electrons. The molecule has 2 saturated carbocycles. The van der Waals surface area contributed by atoms with Gasteiger partial charge >= 0.3 is 0 Å². The number of nitrogens with one attached hydrogen (secondary N) is 2. The van der Waals surface area contributed by atoms with Crippen LogP contribution in [0.15, 0.2) is 23.1 Å². The molecule has 39 heavy (non-hydrogen) atoms. The molecule has 2 aliphatic rings. The van der Waals surface area contributed by atoms with Crippen LogP contribution < -0.4 is 16.2 Å². The second-order valence-electron chi connectivity index (χ2n) is 11.1. The van der Waals surface area contributed by atoms with Crippen LogP contribution in [0.1, 0.15) is 58.4 Å². The van der Waals surface area contributed by atoms with E-state index in [1.54, 1.807) is 13.8 Å². The number of hydrogen-bond donors (Lipinski definition) is 2. The molecule has 5 rings (SSSR count). The van der Waals surface area contributed by atoms with Gasteiger partial charge in [-0.25, -0.2) is 18.2 Å². The molecule has 8 nitrogen and oxygen atoms in total. The van der Waals surface area contributed by atoms with Crippen molar-refractivity contribution in [3.8, 4) is 11.1 Å². The van der Waals surface area contributed by atoms with Crippen molar-refractivity contribution in [2.24, 2.45) is 5.92 Å². The van der Waals surface area contributed by atoms with E-state index in [4.69, 9.17) is 0 Å². The molecule has 2 N–H and O–H groups in total. The van der Waals surface area contributed by atoms with Crippen molar-refractivity contribution >= 4 is 28.6 Å². The van der Waals surface area contributed by atoms with Crippen molar-refractivity contribution in [3.05, 3.63) is 46.1 Å². The van der Waals surface area contributed by atoms with E-state index in [0.29, 0.717) is 35.9 Å². The van der Waals surface area contributed by atoms with Crippen molar-refractivity contribution in [2.45, 2.75) is 70.5 Å². The summed E-state index contributed by atoms with van der Waals surface area (Å²) < 4.78 is 46.4. The van der Waals surface area contributed by atoms with Gasteiger partial charge in [-0.3, -0.25) is 14.2 Å². The largest absolute Gasteiger partial charge is 0.351 e. The van der Waals surface area contributed by atoms with E-state index in [-0.39, 0.29) is 23.6 Å². The summed E-state index contributed by atoms with van der Waals surface area (Å²) in [5, 5.41) is 5.94. The lowest BCUT2D eigenvalue weighted by Crippen LogP contribution is -2.36. The minimum atomic E-state index is -1.55. The number of hydrogen-bond acceptors (Lipinski definition) is 6. The number of benzene rings is 1. The van der Waals surface area contributed by atoms with Gasteiger partial charge in [0.2, 0.25) is 11.9 Å². The maximum atomic E-state index is 15.2. The van der Waals surface area contributed by atoms with Gasteiger partial charge in [-0.05, 0) is 78.6 Å². The van der Waals surface area contributed by atoms with Crippen LogP contribution in [-0.2, 0) is 4.79 Å². The number of fused-ring (bicyclic) bond motifs is 1. The van der Waals surface area contributed by atoms with Crippen molar-refractivity contribution in [1.82, 2.24) is 19.4 Å². The van der Waals surface area contributed by atoms with Crippen LogP contribution in [0.2, 0.25) is 0 Å². The van der Waals surface area contributed by atoms with Gasteiger partial charge < -0.3 is 15.5 Å². The smallest absolute Gasteiger partial charge is 0.260 e. The molecule has 2 aromatic heterocycles. The molecule has 2 fully saturated rings. The topological polar surface area (TPSA) is 92.1 Å². The third-order valence-electron chi connectivity index (χ3n) is 7.69. The van der Waals surface area contributed by atoms with E-state index in [1.807, 2.05) is 0 Å². The Balaban J connectivity index is 1.50. The number of pyridine rings is 1. The Morgan fingerprint density at radius 2 is 1.72 bits per heavy atom. The van der Waals surface area contributed by atoms with E-state index >= 15 is 4.39 Å². The SMILES string of the molecule is CC(C)n1c(=O)c(-c2cc(F)c(NC(=O)C3CC3)c(F)c2F)cc2cnc(N[C@H]3CC[C@H](N(C)C)CC3)nc21. The highest BCUT2D eigenvalue weighted by molar-refractivity contribution is 5.94. The predicted molar refractivity (Wildman–Crippen MR) is 144 cm³/mol. The van der Waals surface area contributed by atoms with E-state index in [2.05, 4.69) is 39.6 Å². The molecular formula is C28H33F3N6O2. The second-order valence-corrected chi connectivity index (χ2v) is 11.1. The predicted octanol–water partition coefficient (Wildman–Crippen LogP) is 5.09. The van der Waals surface area contributed by atoms with Crippen molar-refractivity contribution < 1.29 is 18.0 Å². The first-order valence-electron chi connectivity index (χ1n) is 13.4. The van der Waals surface area contributed by atoms with Gasteiger partial charge in [0.1, 0.15) is 11.3 Å². The Morgan fingerprint density at radius 1 is 1.03 bits per heavy atom. The Kier molecular flexibility index (Phi) is 7.37. The maximum Gasteiger partial charge on any atom is 0.260 e. The summed E-state index contributed by atoms with van der Waals surface area (Å²) in [5.41, 5.74) is -1.90. The molecule has 1 amide bonds. The van der Waals surface area contributed by atoms with Crippen LogP contribution >= 0.6 is 0 Å². The number of halogens is 3. The fourth-order valence-corrected chi connectivity index (χ4v) is 5.26. The molecule has 11 heteroatoms. The summed E-state index contributed by atoms with van der Waals surface area (Å²) in [4.78, 5) is 36.8. The molecule has 0 atom stereocenters. The minimum absolute atomic E-state index is 0.205. The zero-order valence-corrected chi connectivity index (χ0v) is 22.5. The van der Waals surface area contributed by atoms with E-state index < -0.39 is 40.2 Å². The number of carbonyl (C=O) groups excluding carboxylic acids is 1. The number of amides is 1. The van der Waals surface area contributed by atoms with Gasteiger partial charge in [0.15, 0.2) is 17.5 Å². The standard InChI is InChI=1S/C28H33F3N6O2/c1-14(2)37-25-16(13-32-28(35-25)33-17-7-9-18(10-8-17)36(3)4)11-20(27(37)39)19-12-21(29)24(23(31)22(19)30)34-26(38)15-5-6-15/h11-15,17-18H,5-10H2,1-4H3,(H,34,38)(H,32,33,35)/t17-,18-. The molecular weight excluding hydrogens is 509 g/mol. The summed E-state index contributed by atoms with van der Waals surface area (Å²) in [5.74, 6) is -4.61. The molecule has 0 unspecified atom stereocenters. The fraction of sp³-hybridized carbons (Fsp3) is 0.500. The van der Waals surface area contributed by atoms with Crippen LogP contribution in [0.5, 0.6) is 0 Å². The van der Waals surface area contributed by atoms with E-state index in [0.717, 1.165) is 31.7 Å². The molecule has 2 aliphatic carbocycles. The Bertz CT molecular complexity index is 1480. The summed E-state index contributed by atoms with van der Waals surface area (Å²) in [7, 11) is 4.17. The lowest BCUT2D eigenvalue weighted by Gasteiger charge is -2.33. The van der Waals surface area contributed by atoms with E-state index in [9.17, 15) is 18.4 Å². The normalized spacial score (nSPS) is 19.6. The lowest BCUT2D eigenvalue weighted by atomic mass is 9.91. The molecule has 0 aliphatic heterocycles. The molecule has 0 saturated heterocycles. The minimum Gasteiger partial charge on any atom is -0.351 e. The summed E-state index contributed by atoms with van der Waals surface area (Å²) >= 11 is 0. The quantitative estimate of drug-likeness (QED) is 0.404. The van der Waals surface area contributed by atoms with Crippen LogP contribution in [0.4, 0.5) is 24.8 Å². The van der Waals surface area contributed by atoms with Gasteiger partial charge in [-0.15, -0.1) is 0 Å². The van der Waals surface area contributed by atoms with E-state index in [1.165, 1.54) is 16.8 Å². The molecule has 208 valence electrons. The number of carbonyl (C=O) groups is 1. The third-order valence-corrected chi connectivity index (χ3v) is 7.69. The zero-order valence-electron chi connectivity index (χ0n) is 22.5. The Morgan fingerprint density at radius 3 is 2.33 bits per heavy atom. The van der Waals surface area contributed by atoms with Crippen molar-refractivity contribution in [2.75, 3.05) is 24.7 Å². The zero-order chi connectivity index (χ0) is 28.0. The van der Waals surface area contributed by atoms with Crippen molar-refractivity contribution in [1.29, 1.82) is 0 Å². The second kappa shape index (κ2) is 10.6. The number of anilines is 2.